The summed E-state index contributed by atoms with van der Waals surface area (Å²) in [4.78, 5) is 0. The second-order valence-electron chi connectivity index (χ2n) is 5.07. The van der Waals surface area contributed by atoms with Crippen molar-refractivity contribution in [3.63, 3.8) is 0 Å². The number of hydrogen-bond donors (Lipinski definition) is 2. The van der Waals surface area contributed by atoms with Gasteiger partial charge in [-0.15, -0.1) is 0 Å². The molecule has 4 heteroatoms. The third-order valence-electron chi connectivity index (χ3n) is 3.84. The van der Waals surface area contributed by atoms with E-state index in [1.807, 2.05) is 0 Å². The fraction of sp³-hybridized carbons (Fsp3) is 0.750. The molecule has 1 aromatic heterocycles. The average Bonchev–Trinajstić information content (AvgIpc) is 2.60. The normalized spacial score (nSPS) is 27.9. The van der Waals surface area contributed by atoms with Crippen molar-refractivity contribution in [3.05, 3.63) is 11.8 Å². The topological polar surface area (TPSA) is 64.1 Å². The number of rotatable bonds is 2. The van der Waals surface area contributed by atoms with E-state index in [9.17, 15) is 5.11 Å². The van der Waals surface area contributed by atoms with Gasteiger partial charge in [0.2, 0.25) is 0 Å². The summed E-state index contributed by atoms with van der Waals surface area (Å²) in [5.41, 5.74) is 6.67. The smallest absolute Gasteiger partial charge is 0.127 e. The number of aliphatic hydroxyl groups is 1. The highest BCUT2D eigenvalue weighted by atomic mass is 16.3. The van der Waals surface area contributed by atoms with Gasteiger partial charge >= 0.3 is 0 Å². The van der Waals surface area contributed by atoms with E-state index in [2.05, 4.69) is 12.0 Å². The van der Waals surface area contributed by atoms with Crippen LogP contribution in [-0.4, -0.2) is 14.9 Å². The van der Waals surface area contributed by atoms with Gasteiger partial charge in [-0.25, -0.2) is 0 Å². The van der Waals surface area contributed by atoms with Crippen molar-refractivity contribution < 1.29 is 5.11 Å². The lowest BCUT2D eigenvalue weighted by Gasteiger charge is -2.29. The summed E-state index contributed by atoms with van der Waals surface area (Å²) < 4.78 is 1.62. The maximum absolute atomic E-state index is 10.3. The summed E-state index contributed by atoms with van der Waals surface area (Å²) in [5, 5.41) is 14.4. The molecule has 0 saturated heterocycles. The van der Waals surface area contributed by atoms with Gasteiger partial charge in [-0.05, 0) is 24.7 Å². The Hall–Kier alpha value is -1.03. The van der Waals surface area contributed by atoms with Gasteiger partial charge in [0, 0.05) is 12.6 Å². The Balaban J connectivity index is 2.07. The van der Waals surface area contributed by atoms with Crippen LogP contribution in [0.1, 0.15) is 44.3 Å². The molecule has 1 heterocycles. The third kappa shape index (κ3) is 2.07. The number of aliphatic hydroxyl groups excluding tert-OH is 1. The van der Waals surface area contributed by atoms with Crippen molar-refractivity contribution in [2.45, 2.75) is 38.7 Å². The Bertz CT molecular complexity index is 353. The molecule has 4 nitrogen and oxygen atoms in total. The number of nitrogens with two attached hydrogens (primary N) is 1. The van der Waals surface area contributed by atoms with Gasteiger partial charge in [0.25, 0.3) is 0 Å². The van der Waals surface area contributed by atoms with E-state index >= 15 is 0 Å². The Morgan fingerprint density at radius 1 is 1.44 bits per heavy atom. The average molecular weight is 223 g/mol. The Morgan fingerprint density at radius 2 is 2.06 bits per heavy atom. The van der Waals surface area contributed by atoms with Crippen molar-refractivity contribution in [1.29, 1.82) is 0 Å². The predicted octanol–water partition coefficient (Wildman–Crippen LogP) is 1.86. The monoisotopic (exact) mass is 223 g/mol. The van der Waals surface area contributed by atoms with Crippen molar-refractivity contribution in [3.8, 4) is 0 Å². The van der Waals surface area contributed by atoms with E-state index in [0.717, 1.165) is 24.3 Å². The van der Waals surface area contributed by atoms with E-state index in [-0.39, 0.29) is 0 Å². The van der Waals surface area contributed by atoms with Gasteiger partial charge in [0.15, 0.2) is 0 Å². The number of hydrogen-bond acceptors (Lipinski definition) is 3. The lowest BCUT2D eigenvalue weighted by molar-refractivity contribution is 0.0761. The predicted molar refractivity (Wildman–Crippen MR) is 63.7 cm³/mol. The summed E-state index contributed by atoms with van der Waals surface area (Å²) in [6, 6.07) is 0. The minimum absolute atomic E-state index is 0.350. The summed E-state index contributed by atoms with van der Waals surface area (Å²) in [5.74, 6) is 1.74. The van der Waals surface area contributed by atoms with Crippen LogP contribution in [-0.2, 0) is 7.05 Å². The minimum Gasteiger partial charge on any atom is -0.388 e. The number of aromatic nitrogens is 2. The van der Waals surface area contributed by atoms with Crippen molar-refractivity contribution >= 4 is 5.82 Å². The molecule has 3 N–H and O–H groups in total. The van der Waals surface area contributed by atoms with Crippen LogP contribution >= 0.6 is 0 Å². The summed E-state index contributed by atoms with van der Waals surface area (Å²) in [7, 11) is 1.80. The molecule has 1 saturated carbocycles. The van der Waals surface area contributed by atoms with Crippen LogP contribution in [0, 0.1) is 11.8 Å². The molecule has 0 aromatic carbocycles. The zero-order valence-corrected chi connectivity index (χ0v) is 10.1. The highest BCUT2D eigenvalue weighted by Gasteiger charge is 2.27. The van der Waals surface area contributed by atoms with Crippen LogP contribution in [0.15, 0.2) is 6.20 Å². The molecule has 1 aromatic rings. The molecule has 0 amide bonds. The molecule has 2 rings (SSSR count). The van der Waals surface area contributed by atoms with Crippen LogP contribution in [0.4, 0.5) is 5.82 Å². The summed E-state index contributed by atoms with van der Waals surface area (Å²) >= 11 is 0. The molecule has 90 valence electrons. The molecule has 1 aliphatic carbocycles. The number of nitrogen functional groups attached to an aromatic ring is 1. The fourth-order valence-corrected chi connectivity index (χ4v) is 2.55. The lowest BCUT2D eigenvalue weighted by Crippen LogP contribution is -2.19. The van der Waals surface area contributed by atoms with Gasteiger partial charge < -0.3 is 10.8 Å². The first-order chi connectivity index (χ1) is 7.59. The minimum atomic E-state index is -0.443. The van der Waals surface area contributed by atoms with Crippen LogP contribution in [0.25, 0.3) is 0 Å². The van der Waals surface area contributed by atoms with E-state index in [1.54, 1.807) is 17.9 Å². The molecule has 1 aliphatic rings. The van der Waals surface area contributed by atoms with Crippen LogP contribution in [0.2, 0.25) is 0 Å². The van der Waals surface area contributed by atoms with Crippen molar-refractivity contribution in [2.75, 3.05) is 5.73 Å². The second-order valence-corrected chi connectivity index (χ2v) is 5.07. The number of anilines is 1. The summed E-state index contributed by atoms with van der Waals surface area (Å²) in [6.45, 7) is 2.28. The maximum Gasteiger partial charge on any atom is 0.127 e. The Labute approximate surface area is 96.5 Å². The van der Waals surface area contributed by atoms with Crippen LogP contribution in [0.5, 0.6) is 0 Å². The first-order valence-corrected chi connectivity index (χ1v) is 6.05. The highest BCUT2D eigenvalue weighted by Crippen LogP contribution is 2.37. The molecular formula is C12H21N3O. The van der Waals surface area contributed by atoms with E-state index in [0.29, 0.717) is 11.7 Å². The molecule has 0 bridgehead atoms. The quantitative estimate of drug-likeness (QED) is 0.804. The Kier molecular flexibility index (Phi) is 3.19. The first kappa shape index (κ1) is 11.5. The standard InChI is InChI=1S/C12H21N3O/c1-8-3-5-9(6-4-8)11(16)10-7-14-15(2)12(10)13/h7-9,11,16H,3-6,13H2,1-2H3. The van der Waals surface area contributed by atoms with E-state index < -0.39 is 6.10 Å². The molecule has 0 aliphatic heterocycles. The second kappa shape index (κ2) is 4.45. The van der Waals surface area contributed by atoms with Gasteiger partial charge in [-0.2, -0.15) is 5.10 Å². The molecule has 16 heavy (non-hydrogen) atoms. The number of aryl methyl sites for hydroxylation is 1. The summed E-state index contributed by atoms with van der Waals surface area (Å²) in [6.07, 6.45) is 5.86. The van der Waals surface area contributed by atoms with E-state index in [4.69, 9.17) is 5.73 Å². The molecule has 1 fully saturated rings. The van der Waals surface area contributed by atoms with Gasteiger partial charge in [0.05, 0.1) is 12.3 Å². The van der Waals surface area contributed by atoms with Crippen LogP contribution in [0.3, 0.4) is 0 Å². The zero-order chi connectivity index (χ0) is 11.7. The van der Waals surface area contributed by atoms with E-state index in [1.165, 1.54) is 12.8 Å². The SMILES string of the molecule is CC1CCC(C(O)c2cnn(C)c2N)CC1. The van der Waals surface area contributed by atoms with Gasteiger partial charge in [-0.1, -0.05) is 19.8 Å². The van der Waals surface area contributed by atoms with Gasteiger partial charge in [-0.3, -0.25) is 4.68 Å². The van der Waals surface area contributed by atoms with Crippen LogP contribution < -0.4 is 5.73 Å². The largest absolute Gasteiger partial charge is 0.388 e. The molecule has 0 spiro atoms. The van der Waals surface area contributed by atoms with Crippen molar-refractivity contribution in [1.82, 2.24) is 9.78 Å². The van der Waals surface area contributed by atoms with Gasteiger partial charge in [0.1, 0.15) is 5.82 Å². The molecule has 0 radical (unpaired) electrons. The number of nitrogens with zero attached hydrogens (tertiary/aromatic N) is 2. The third-order valence-corrected chi connectivity index (χ3v) is 3.84. The Morgan fingerprint density at radius 3 is 2.56 bits per heavy atom. The van der Waals surface area contributed by atoms with Crippen molar-refractivity contribution in [2.24, 2.45) is 18.9 Å². The lowest BCUT2D eigenvalue weighted by atomic mass is 9.79. The highest BCUT2D eigenvalue weighted by molar-refractivity contribution is 5.40. The molecular weight excluding hydrogens is 202 g/mol. The fourth-order valence-electron chi connectivity index (χ4n) is 2.55. The molecule has 1 atom stereocenters. The molecule has 1 unspecified atom stereocenters. The maximum atomic E-state index is 10.3. The first-order valence-electron chi connectivity index (χ1n) is 6.05. The zero-order valence-electron chi connectivity index (χ0n) is 10.1.